The van der Waals surface area contributed by atoms with E-state index in [-0.39, 0.29) is 11.4 Å². The number of nitrogens with one attached hydrogen (secondary N) is 1. The van der Waals surface area contributed by atoms with Gasteiger partial charge in [0.25, 0.3) is 0 Å². The number of rotatable bonds is 5. The van der Waals surface area contributed by atoms with Crippen LogP contribution in [0.3, 0.4) is 0 Å². The maximum atomic E-state index is 12.5. The minimum absolute atomic E-state index is 0.0325. The third-order valence-corrected chi connectivity index (χ3v) is 5.03. The summed E-state index contributed by atoms with van der Waals surface area (Å²) in [6.07, 6.45) is 2.09. The Labute approximate surface area is 131 Å². The van der Waals surface area contributed by atoms with Crippen LogP contribution in [0.4, 0.5) is 0 Å². The zero-order valence-electron chi connectivity index (χ0n) is 12.3. The zero-order valence-corrected chi connectivity index (χ0v) is 13.1. The van der Waals surface area contributed by atoms with Gasteiger partial charge in [-0.1, -0.05) is 11.2 Å². The van der Waals surface area contributed by atoms with Crippen LogP contribution in [0, 0.1) is 0 Å². The number of hydrogen-bond acceptors (Lipinski definition) is 7. The van der Waals surface area contributed by atoms with E-state index in [0.717, 1.165) is 12.8 Å². The fraction of sp³-hybridized carbons (Fsp3) is 0.385. The van der Waals surface area contributed by atoms with E-state index < -0.39 is 10.0 Å². The smallest absolute Gasteiger partial charge is 0.243 e. The Hall–Kier alpha value is -2.33. The van der Waals surface area contributed by atoms with Crippen molar-refractivity contribution in [2.45, 2.75) is 30.2 Å². The van der Waals surface area contributed by atoms with Crippen molar-refractivity contribution in [3.8, 4) is 0 Å². The summed E-state index contributed by atoms with van der Waals surface area (Å²) in [5, 5.41) is 12.0. The Kier molecular flexibility index (Phi) is 3.16. The molecule has 0 spiro atoms. The first-order chi connectivity index (χ1) is 11.0. The molecule has 1 fully saturated rings. The highest BCUT2D eigenvalue weighted by molar-refractivity contribution is 7.89. The number of aromatic nitrogens is 5. The van der Waals surface area contributed by atoms with E-state index in [4.69, 9.17) is 4.52 Å². The molecule has 4 rings (SSSR count). The van der Waals surface area contributed by atoms with E-state index in [2.05, 4.69) is 25.1 Å². The molecule has 1 aliphatic carbocycles. The maximum absolute atomic E-state index is 12.5. The molecule has 0 unspecified atom stereocenters. The van der Waals surface area contributed by atoms with E-state index in [1.54, 1.807) is 19.2 Å². The van der Waals surface area contributed by atoms with E-state index in [9.17, 15) is 8.42 Å². The Bertz CT molecular complexity index is 973. The van der Waals surface area contributed by atoms with Crippen LogP contribution in [0.1, 0.15) is 30.5 Å². The molecule has 0 radical (unpaired) electrons. The van der Waals surface area contributed by atoms with Gasteiger partial charge in [0.2, 0.25) is 15.9 Å². The summed E-state index contributed by atoms with van der Waals surface area (Å²) in [6.45, 7) is -0.0325. The highest BCUT2D eigenvalue weighted by Gasteiger charge is 2.30. The minimum atomic E-state index is -3.75. The minimum Gasteiger partial charge on any atom is -0.339 e. The molecule has 0 atom stereocenters. The molecule has 1 aromatic carbocycles. The van der Waals surface area contributed by atoms with Crippen molar-refractivity contribution in [3.63, 3.8) is 0 Å². The van der Waals surface area contributed by atoms with Crippen molar-refractivity contribution in [3.05, 3.63) is 29.9 Å². The monoisotopic (exact) mass is 334 g/mol. The topological polar surface area (TPSA) is 116 Å². The fourth-order valence-electron chi connectivity index (χ4n) is 2.30. The predicted molar refractivity (Wildman–Crippen MR) is 78.8 cm³/mol. The van der Waals surface area contributed by atoms with Gasteiger partial charge in [0.05, 0.1) is 6.54 Å². The molecular formula is C13H14N6O3S. The van der Waals surface area contributed by atoms with Gasteiger partial charge in [0.1, 0.15) is 15.9 Å². The lowest BCUT2D eigenvalue weighted by molar-refractivity contribution is 0.373. The van der Waals surface area contributed by atoms with Crippen LogP contribution in [0.2, 0.25) is 0 Å². The first-order valence-electron chi connectivity index (χ1n) is 7.15. The van der Waals surface area contributed by atoms with Gasteiger partial charge >= 0.3 is 0 Å². The molecule has 0 saturated heterocycles. The summed E-state index contributed by atoms with van der Waals surface area (Å²) in [5.41, 5.74) is 0.847. The lowest BCUT2D eigenvalue weighted by atomic mass is 10.3. The predicted octanol–water partition coefficient (Wildman–Crippen LogP) is 0.707. The summed E-state index contributed by atoms with van der Waals surface area (Å²) >= 11 is 0. The lowest BCUT2D eigenvalue weighted by Gasteiger charge is -2.04. The summed E-state index contributed by atoms with van der Waals surface area (Å²) in [4.78, 5) is 5.61. The van der Waals surface area contributed by atoms with Gasteiger partial charge in [0.15, 0.2) is 5.82 Å². The standard InChI is InChI=1S/C13H14N6O3S/c1-19-16-9-3-2-4-10(12(9)17-19)23(20,21)14-7-11-15-13(22-18-11)8-5-6-8/h2-4,8,14H,5-7H2,1H3. The summed E-state index contributed by atoms with van der Waals surface area (Å²) in [6, 6.07) is 4.83. The van der Waals surface area contributed by atoms with Crippen LogP contribution in [0.5, 0.6) is 0 Å². The normalized spacial score (nSPS) is 15.3. The number of nitrogens with zero attached hydrogens (tertiary/aromatic N) is 5. The molecule has 2 aromatic heterocycles. The molecule has 1 aliphatic rings. The second-order valence-electron chi connectivity index (χ2n) is 5.46. The molecule has 0 aliphatic heterocycles. The van der Waals surface area contributed by atoms with E-state index in [1.807, 2.05) is 0 Å². The number of fused-ring (bicyclic) bond motifs is 1. The van der Waals surface area contributed by atoms with Crippen LogP contribution in [-0.4, -0.2) is 33.6 Å². The highest BCUT2D eigenvalue weighted by Crippen LogP contribution is 2.38. The van der Waals surface area contributed by atoms with Gasteiger partial charge in [-0.2, -0.15) is 20.0 Å². The molecule has 9 nitrogen and oxygen atoms in total. The second kappa shape index (κ2) is 5.10. The largest absolute Gasteiger partial charge is 0.339 e. The van der Waals surface area contributed by atoms with Crippen molar-refractivity contribution in [1.82, 2.24) is 29.9 Å². The maximum Gasteiger partial charge on any atom is 0.243 e. The number of benzene rings is 1. The summed E-state index contributed by atoms with van der Waals surface area (Å²) in [5.74, 6) is 1.23. The summed E-state index contributed by atoms with van der Waals surface area (Å²) < 4.78 is 32.6. The molecule has 120 valence electrons. The van der Waals surface area contributed by atoms with Gasteiger partial charge in [-0.15, -0.1) is 0 Å². The second-order valence-corrected chi connectivity index (χ2v) is 7.20. The lowest BCUT2D eigenvalue weighted by Crippen LogP contribution is -2.24. The molecule has 10 heteroatoms. The van der Waals surface area contributed by atoms with Gasteiger partial charge in [-0.05, 0) is 25.0 Å². The number of sulfonamides is 1. The Morgan fingerprint density at radius 1 is 1.35 bits per heavy atom. The van der Waals surface area contributed by atoms with Crippen LogP contribution in [0.15, 0.2) is 27.6 Å². The molecule has 1 N–H and O–H groups in total. The van der Waals surface area contributed by atoms with Crippen molar-refractivity contribution in [1.29, 1.82) is 0 Å². The zero-order chi connectivity index (χ0) is 16.0. The highest BCUT2D eigenvalue weighted by atomic mass is 32.2. The molecule has 23 heavy (non-hydrogen) atoms. The van der Waals surface area contributed by atoms with E-state index in [0.29, 0.717) is 28.7 Å². The SMILES string of the molecule is Cn1nc2cccc(S(=O)(=O)NCc3noc(C4CC4)n3)c2n1. The Morgan fingerprint density at radius 3 is 2.96 bits per heavy atom. The molecule has 2 heterocycles. The van der Waals surface area contributed by atoms with Crippen LogP contribution < -0.4 is 4.72 Å². The Balaban J connectivity index is 1.58. The first kappa shape index (κ1) is 14.3. The van der Waals surface area contributed by atoms with Crippen molar-refractivity contribution < 1.29 is 12.9 Å². The third-order valence-electron chi connectivity index (χ3n) is 3.60. The molecule has 0 amide bonds. The summed E-state index contributed by atoms with van der Waals surface area (Å²) in [7, 11) is -2.11. The Morgan fingerprint density at radius 2 is 2.17 bits per heavy atom. The number of aryl methyl sites for hydroxylation is 1. The molecule has 3 aromatic rings. The fourth-order valence-corrected chi connectivity index (χ4v) is 3.44. The van der Waals surface area contributed by atoms with Crippen LogP contribution >= 0.6 is 0 Å². The van der Waals surface area contributed by atoms with Gasteiger partial charge in [0, 0.05) is 13.0 Å². The van der Waals surface area contributed by atoms with Crippen LogP contribution in [-0.2, 0) is 23.6 Å². The van der Waals surface area contributed by atoms with Gasteiger partial charge in [-0.25, -0.2) is 13.1 Å². The van der Waals surface area contributed by atoms with Crippen molar-refractivity contribution >= 4 is 21.1 Å². The quantitative estimate of drug-likeness (QED) is 0.730. The van der Waals surface area contributed by atoms with Gasteiger partial charge < -0.3 is 4.52 Å². The van der Waals surface area contributed by atoms with E-state index in [1.165, 1.54) is 10.9 Å². The molecular weight excluding hydrogens is 320 g/mol. The first-order valence-corrected chi connectivity index (χ1v) is 8.63. The van der Waals surface area contributed by atoms with Gasteiger partial charge in [-0.3, -0.25) is 0 Å². The molecule has 1 saturated carbocycles. The molecule has 0 bridgehead atoms. The average molecular weight is 334 g/mol. The van der Waals surface area contributed by atoms with Crippen molar-refractivity contribution in [2.24, 2.45) is 7.05 Å². The van der Waals surface area contributed by atoms with Crippen LogP contribution in [0.25, 0.3) is 11.0 Å². The van der Waals surface area contributed by atoms with Crippen molar-refractivity contribution in [2.75, 3.05) is 0 Å². The number of hydrogen-bond donors (Lipinski definition) is 1. The third kappa shape index (κ3) is 2.70. The average Bonchev–Trinajstić information content (AvgIpc) is 3.12. The van der Waals surface area contributed by atoms with E-state index >= 15 is 0 Å².